The first-order chi connectivity index (χ1) is 6.73. The minimum atomic E-state index is -4.15. The van der Waals surface area contributed by atoms with Crippen LogP contribution in [0, 0.1) is 7.40 Å². The van der Waals surface area contributed by atoms with E-state index in [0.717, 1.165) is 6.07 Å². The van der Waals surface area contributed by atoms with E-state index in [1.807, 2.05) is 0 Å². The molecule has 9 heteroatoms. The van der Waals surface area contributed by atoms with E-state index in [4.69, 9.17) is 5.14 Å². The van der Waals surface area contributed by atoms with E-state index in [9.17, 15) is 17.2 Å². The van der Waals surface area contributed by atoms with E-state index in [0.29, 0.717) is 3.70 Å². The second-order valence-corrected chi connectivity index (χ2v) is 6.15. The van der Waals surface area contributed by atoms with Crippen molar-refractivity contribution in [3.8, 4) is 0 Å². The van der Waals surface area contributed by atoms with Gasteiger partial charge in [0.2, 0.25) is 10.0 Å². The first kappa shape index (κ1) is 13.4. The first-order valence-electron chi connectivity index (χ1n) is 3.40. The number of halogens is 4. The lowest BCUT2D eigenvalue weighted by Crippen LogP contribution is -2.16. The van der Waals surface area contributed by atoms with Crippen molar-refractivity contribution in [1.82, 2.24) is 4.98 Å². The summed E-state index contributed by atoms with van der Waals surface area (Å²) in [6.45, 7) is 0. The molecule has 0 amide bonds. The van der Waals surface area contributed by atoms with Crippen molar-refractivity contribution in [2.24, 2.45) is 5.14 Å². The molecule has 0 aromatic carbocycles. The summed E-state index contributed by atoms with van der Waals surface area (Å²) >= 11 is 3.28. The van der Waals surface area contributed by atoms with Gasteiger partial charge in [-0.05, 0) is 51.2 Å². The van der Waals surface area contributed by atoms with E-state index >= 15 is 0 Å². The van der Waals surface area contributed by atoms with Crippen LogP contribution in [0.25, 0.3) is 0 Å². The van der Waals surface area contributed by atoms with Gasteiger partial charge in [-0.15, -0.1) is 0 Å². The van der Waals surface area contributed by atoms with Crippen molar-refractivity contribution < 1.29 is 17.2 Å². The summed E-state index contributed by atoms with van der Waals surface area (Å²) in [5.41, 5.74) is -0.640. The zero-order valence-electron chi connectivity index (χ0n) is 6.92. The summed E-state index contributed by atoms with van der Waals surface area (Å²) in [7, 11) is -4.15. The molecule has 1 aromatic rings. The van der Waals surface area contributed by atoms with Gasteiger partial charge in [0.25, 0.3) is 6.43 Å². The largest absolute Gasteiger partial charge is 0.267 e. The Morgan fingerprint density at radius 2 is 1.93 bits per heavy atom. The van der Waals surface area contributed by atoms with Crippen molar-refractivity contribution in [1.29, 1.82) is 0 Å². The van der Waals surface area contributed by atoms with Gasteiger partial charge in [-0.1, -0.05) is 0 Å². The maximum Gasteiger partial charge on any atom is 0.267 e. The number of primary sulfonamides is 1. The Labute approximate surface area is 112 Å². The molecule has 0 saturated heterocycles. The predicted octanol–water partition coefficient (Wildman–Crippen LogP) is 1.88. The average Bonchev–Trinajstić information content (AvgIpc) is 1.99. The van der Waals surface area contributed by atoms with Crippen LogP contribution in [0.1, 0.15) is 12.0 Å². The van der Waals surface area contributed by atoms with Gasteiger partial charge >= 0.3 is 0 Å². The van der Waals surface area contributed by atoms with Crippen LogP contribution < -0.4 is 5.14 Å². The molecular formula is C6H4F2I2N2O2S. The molecular weight excluding hydrogens is 456 g/mol. The summed E-state index contributed by atoms with van der Waals surface area (Å²) in [6.07, 6.45) is -2.92. The van der Waals surface area contributed by atoms with Gasteiger partial charge in [0.05, 0.1) is 10.5 Å². The maximum atomic E-state index is 12.6. The van der Waals surface area contributed by atoms with Crippen LogP contribution in [0.3, 0.4) is 0 Å². The molecule has 0 fully saturated rings. The van der Waals surface area contributed by atoms with Crippen LogP contribution in [0.4, 0.5) is 8.78 Å². The van der Waals surface area contributed by atoms with Crippen molar-refractivity contribution >= 4 is 55.2 Å². The van der Waals surface area contributed by atoms with Crippen LogP contribution in [0.5, 0.6) is 0 Å². The number of sulfonamides is 1. The Kier molecular flexibility index (Phi) is 4.22. The van der Waals surface area contributed by atoms with E-state index in [1.165, 1.54) is 0 Å². The van der Waals surface area contributed by atoms with Crippen molar-refractivity contribution in [2.75, 3.05) is 0 Å². The predicted molar refractivity (Wildman–Crippen MR) is 66.0 cm³/mol. The van der Waals surface area contributed by atoms with Crippen molar-refractivity contribution in [3.63, 3.8) is 0 Å². The summed E-state index contributed by atoms with van der Waals surface area (Å²) in [5.74, 6) is 0. The van der Waals surface area contributed by atoms with E-state index in [1.54, 1.807) is 45.2 Å². The van der Waals surface area contributed by atoms with Crippen LogP contribution in [-0.2, 0) is 10.0 Å². The van der Waals surface area contributed by atoms with Gasteiger partial charge in [-0.2, -0.15) is 0 Å². The summed E-state index contributed by atoms with van der Waals surface area (Å²) in [5, 5.41) is 4.84. The molecule has 0 unspecified atom stereocenters. The van der Waals surface area contributed by atoms with Gasteiger partial charge in [-0.3, -0.25) is 0 Å². The molecule has 1 heterocycles. The summed E-state index contributed by atoms with van der Waals surface area (Å²) in [6, 6.07) is 1.03. The fraction of sp³-hybridized carbons (Fsp3) is 0.167. The number of rotatable bonds is 2. The lowest BCUT2D eigenvalue weighted by molar-refractivity contribution is 0.146. The highest BCUT2D eigenvalue weighted by molar-refractivity contribution is 14.1. The fourth-order valence-electron chi connectivity index (χ4n) is 0.907. The third-order valence-corrected chi connectivity index (χ3v) is 3.79. The number of nitrogens with zero attached hydrogens (tertiary/aromatic N) is 1. The number of pyridine rings is 1. The zero-order valence-corrected chi connectivity index (χ0v) is 12.0. The molecule has 2 N–H and O–H groups in total. The van der Waals surface area contributed by atoms with Crippen molar-refractivity contribution in [3.05, 3.63) is 19.0 Å². The van der Waals surface area contributed by atoms with E-state index < -0.39 is 26.9 Å². The number of aromatic nitrogens is 1. The Morgan fingerprint density at radius 1 is 1.40 bits per heavy atom. The molecule has 0 atom stereocenters. The highest BCUT2D eigenvalue weighted by Crippen LogP contribution is 2.30. The molecule has 4 nitrogen and oxygen atoms in total. The van der Waals surface area contributed by atoms with Gasteiger partial charge in [0.1, 0.15) is 7.40 Å². The standard InChI is InChI=1S/C6H4F2I2N2O2S/c7-5(8)4-2(15(11,13)14)1-3(9)12-6(4)10/h1,5H,(H2,11,13,14). The number of nitrogens with two attached hydrogens (primary N) is 1. The first-order valence-corrected chi connectivity index (χ1v) is 7.10. The minimum absolute atomic E-state index is 0.0569. The maximum absolute atomic E-state index is 12.6. The molecule has 0 aliphatic heterocycles. The monoisotopic (exact) mass is 460 g/mol. The zero-order chi connectivity index (χ0) is 11.8. The minimum Gasteiger partial charge on any atom is -0.235 e. The Bertz CT molecular complexity index is 492. The molecule has 0 radical (unpaired) electrons. The Hall–Kier alpha value is 0.380. The Balaban J connectivity index is 3.62. The van der Waals surface area contributed by atoms with E-state index in [-0.39, 0.29) is 3.70 Å². The summed E-state index contributed by atoms with van der Waals surface area (Å²) < 4.78 is 47.6. The SMILES string of the molecule is NS(=O)(=O)c1cc(I)nc(I)c1C(F)F. The van der Waals surface area contributed by atoms with Crippen LogP contribution in [-0.4, -0.2) is 13.4 Å². The van der Waals surface area contributed by atoms with Crippen LogP contribution in [0.15, 0.2) is 11.0 Å². The molecule has 0 bridgehead atoms. The highest BCUT2D eigenvalue weighted by atomic mass is 127. The number of hydrogen-bond acceptors (Lipinski definition) is 3. The van der Waals surface area contributed by atoms with Gasteiger partial charge in [0.15, 0.2) is 0 Å². The van der Waals surface area contributed by atoms with Crippen LogP contribution in [0.2, 0.25) is 0 Å². The lowest BCUT2D eigenvalue weighted by atomic mass is 10.3. The van der Waals surface area contributed by atoms with E-state index in [2.05, 4.69) is 4.98 Å². The average molecular weight is 460 g/mol. The van der Waals surface area contributed by atoms with Gasteiger partial charge in [-0.25, -0.2) is 27.3 Å². The molecule has 0 saturated carbocycles. The van der Waals surface area contributed by atoms with Crippen LogP contribution >= 0.6 is 45.2 Å². The molecule has 1 rings (SSSR count). The fourth-order valence-corrected chi connectivity index (χ4v) is 3.87. The molecule has 15 heavy (non-hydrogen) atoms. The quantitative estimate of drug-likeness (QED) is 0.542. The molecule has 1 aromatic heterocycles. The Morgan fingerprint density at radius 3 is 2.33 bits per heavy atom. The lowest BCUT2D eigenvalue weighted by Gasteiger charge is -2.08. The molecule has 84 valence electrons. The highest BCUT2D eigenvalue weighted by Gasteiger charge is 2.25. The third kappa shape index (κ3) is 3.17. The third-order valence-electron chi connectivity index (χ3n) is 1.47. The van der Waals surface area contributed by atoms with Gasteiger partial charge in [0, 0.05) is 0 Å². The number of hydrogen-bond donors (Lipinski definition) is 1. The molecule has 0 aliphatic rings. The molecule has 0 aliphatic carbocycles. The summed E-state index contributed by atoms with van der Waals surface area (Å²) in [4.78, 5) is 3.17. The smallest absolute Gasteiger partial charge is 0.235 e. The second kappa shape index (κ2) is 4.71. The molecule has 0 spiro atoms. The second-order valence-electron chi connectivity index (χ2n) is 2.49. The normalized spacial score (nSPS) is 12.1. The van der Waals surface area contributed by atoms with Gasteiger partial charge < -0.3 is 0 Å². The van der Waals surface area contributed by atoms with Crippen molar-refractivity contribution in [2.45, 2.75) is 11.3 Å². The topological polar surface area (TPSA) is 73.1 Å². The number of alkyl halides is 2.